The number of anilines is 1. The quantitative estimate of drug-likeness (QED) is 0.801. The SMILES string of the molecule is CSC(C)(C)CNS(=O)(=O)c1cccc(N)c1. The van der Waals surface area contributed by atoms with Crippen LogP contribution >= 0.6 is 11.8 Å². The van der Waals surface area contributed by atoms with Crippen LogP contribution < -0.4 is 10.5 Å². The van der Waals surface area contributed by atoms with Crippen molar-refractivity contribution in [2.24, 2.45) is 0 Å². The molecule has 1 rings (SSSR count). The molecule has 0 aliphatic heterocycles. The largest absolute Gasteiger partial charge is 0.399 e. The van der Waals surface area contributed by atoms with E-state index in [0.29, 0.717) is 12.2 Å². The summed E-state index contributed by atoms with van der Waals surface area (Å²) in [5, 5.41) is 0. The summed E-state index contributed by atoms with van der Waals surface area (Å²) in [5.41, 5.74) is 6.01. The standard InChI is InChI=1S/C11H18N2O2S2/c1-11(2,16-3)8-13-17(14,15)10-6-4-5-9(12)7-10/h4-7,13H,8,12H2,1-3H3. The van der Waals surface area contributed by atoms with Crippen molar-refractivity contribution in [3.05, 3.63) is 24.3 Å². The van der Waals surface area contributed by atoms with Crippen molar-refractivity contribution in [3.8, 4) is 0 Å². The highest BCUT2D eigenvalue weighted by molar-refractivity contribution is 8.00. The number of benzene rings is 1. The van der Waals surface area contributed by atoms with Gasteiger partial charge in [0.2, 0.25) is 10.0 Å². The zero-order valence-electron chi connectivity index (χ0n) is 10.2. The molecule has 0 bridgehead atoms. The maximum Gasteiger partial charge on any atom is 0.240 e. The molecule has 6 heteroatoms. The lowest BCUT2D eigenvalue weighted by molar-refractivity contribution is 0.571. The first-order chi connectivity index (χ1) is 7.77. The molecule has 0 radical (unpaired) electrons. The van der Waals surface area contributed by atoms with Gasteiger partial charge >= 0.3 is 0 Å². The molecule has 0 atom stereocenters. The first-order valence-corrected chi connectivity index (χ1v) is 7.88. The molecule has 0 spiro atoms. The van der Waals surface area contributed by atoms with E-state index in [-0.39, 0.29) is 9.64 Å². The number of hydrogen-bond acceptors (Lipinski definition) is 4. The van der Waals surface area contributed by atoms with Crippen molar-refractivity contribution in [1.82, 2.24) is 4.72 Å². The zero-order chi connectivity index (χ0) is 13.1. The van der Waals surface area contributed by atoms with Crippen LogP contribution in [0.3, 0.4) is 0 Å². The van der Waals surface area contributed by atoms with Crippen LogP contribution in [0, 0.1) is 0 Å². The van der Waals surface area contributed by atoms with E-state index in [9.17, 15) is 8.42 Å². The topological polar surface area (TPSA) is 72.2 Å². The molecule has 17 heavy (non-hydrogen) atoms. The zero-order valence-corrected chi connectivity index (χ0v) is 11.9. The Bertz CT molecular complexity index is 484. The monoisotopic (exact) mass is 274 g/mol. The van der Waals surface area contributed by atoms with Gasteiger partial charge in [0.25, 0.3) is 0 Å². The fraction of sp³-hybridized carbons (Fsp3) is 0.455. The number of nitrogens with two attached hydrogens (primary N) is 1. The van der Waals surface area contributed by atoms with Gasteiger partial charge in [0.15, 0.2) is 0 Å². The molecule has 0 aliphatic rings. The number of rotatable bonds is 5. The maximum absolute atomic E-state index is 12.0. The van der Waals surface area contributed by atoms with Crippen molar-refractivity contribution in [3.63, 3.8) is 0 Å². The van der Waals surface area contributed by atoms with Crippen LogP contribution in [-0.2, 0) is 10.0 Å². The Hall–Kier alpha value is -0.720. The maximum atomic E-state index is 12.0. The van der Waals surface area contributed by atoms with Gasteiger partial charge in [-0.05, 0) is 38.3 Å². The van der Waals surface area contributed by atoms with E-state index in [1.165, 1.54) is 12.1 Å². The van der Waals surface area contributed by atoms with Crippen LogP contribution in [0.15, 0.2) is 29.2 Å². The van der Waals surface area contributed by atoms with Crippen molar-refractivity contribution < 1.29 is 8.42 Å². The fourth-order valence-electron chi connectivity index (χ4n) is 1.11. The second-order valence-electron chi connectivity index (χ2n) is 4.36. The van der Waals surface area contributed by atoms with Crippen molar-refractivity contribution in [2.75, 3.05) is 18.5 Å². The normalized spacial score (nSPS) is 12.6. The molecule has 0 unspecified atom stereocenters. The molecule has 0 aromatic heterocycles. The van der Waals surface area contributed by atoms with E-state index < -0.39 is 10.0 Å². The molecule has 0 saturated carbocycles. The lowest BCUT2D eigenvalue weighted by Gasteiger charge is -2.22. The summed E-state index contributed by atoms with van der Waals surface area (Å²) in [6, 6.07) is 6.27. The minimum absolute atomic E-state index is 0.132. The van der Waals surface area contributed by atoms with Gasteiger partial charge in [0.1, 0.15) is 0 Å². The van der Waals surface area contributed by atoms with E-state index in [1.807, 2.05) is 20.1 Å². The van der Waals surface area contributed by atoms with Crippen molar-refractivity contribution in [1.29, 1.82) is 0 Å². The third-order valence-electron chi connectivity index (χ3n) is 2.41. The van der Waals surface area contributed by atoms with Crippen molar-refractivity contribution >= 4 is 27.5 Å². The Kier molecular flexibility index (Phi) is 4.46. The summed E-state index contributed by atoms with van der Waals surface area (Å²) in [4.78, 5) is 0.203. The van der Waals surface area contributed by atoms with Gasteiger partial charge in [0.05, 0.1) is 4.90 Å². The van der Waals surface area contributed by atoms with E-state index in [1.54, 1.807) is 23.9 Å². The number of nitrogens with one attached hydrogen (secondary N) is 1. The number of nitrogen functional groups attached to an aromatic ring is 1. The lowest BCUT2D eigenvalue weighted by atomic mass is 10.2. The van der Waals surface area contributed by atoms with Gasteiger partial charge in [-0.15, -0.1) is 0 Å². The van der Waals surface area contributed by atoms with Crippen LogP contribution in [0.5, 0.6) is 0 Å². The average molecular weight is 274 g/mol. The third kappa shape index (κ3) is 4.22. The van der Waals surface area contributed by atoms with E-state index in [2.05, 4.69) is 4.72 Å². The van der Waals surface area contributed by atoms with Crippen LogP contribution in [0.25, 0.3) is 0 Å². The molecule has 1 aromatic carbocycles. The molecule has 96 valence electrons. The van der Waals surface area contributed by atoms with Crippen LogP contribution in [-0.4, -0.2) is 26.0 Å². The van der Waals surface area contributed by atoms with E-state index in [4.69, 9.17) is 5.73 Å². The fourth-order valence-corrected chi connectivity index (χ4v) is 2.68. The molecule has 1 aromatic rings. The Morgan fingerprint density at radius 3 is 2.59 bits per heavy atom. The van der Waals surface area contributed by atoms with Crippen molar-refractivity contribution in [2.45, 2.75) is 23.5 Å². The summed E-state index contributed by atoms with van der Waals surface area (Å²) < 4.78 is 26.4. The second-order valence-corrected chi connectivity index (χ2v) is 7.64. The summed E-state index contributed by atoms with van der Waals surface area (Å²) in [6.07, 6.45) is 1.95. The Morgan fingerprint density at radius 1 is 1.41 bits per heavy atom. The number of hydrogen-bond donors (Lipinski definition) is 2. The molecule has 0 heterocycles. The highest BCUT2D eigenvalue weighted by Gasteiger charge is 2.21. The molecular formula is C11H18N2O2S2. The Balaban J connectivity index is 2.83. The van der Waals surface area contributed by atoms with Gasteiger partial charge in [0, 0.05) is 17.0 Å². The average Bonchev–Trinajstić information content (AvgIpc) is 2.27. The Morgan fingerprint density at radius 2 is 2.06 bits per heavy atom. The molecule has 0 aliphatic carbocycles. The van der Waals surface area contributed by atoms with Gasteiger partial charge < -0.3 is 5.73 Å². The molecular weight excluding hydrogens is 256 g/mol. The highest BCUT2D eigenvalue weighted by atomic mass is 32.2. The minimum Gasteiger partial charge on any atom is -0.399 e. The second kappa shape index (κ2) is 5.29. The highest BCUT2D eigenvalue weighted by Crippen LogP contribution is 2.21. The van der Waals surface area contributed by atoms with E-state index in [0.717, 1.165) is 0 Å². The minimum atomic E-state index is -3.47. The van der Waals surface area contributed by atoms with Crippen LogP contribution in [0.4, 0.5) is 5.69 Å². The Labute approximate surface area is 107 Å². The third-order valence-corrected chi connectivity index (χ3v) is 5.06. The van der Waals surface area contributed by atoms with Gasteiger partial charge in [-0.2, -0.15) is 11.8 Å². The number of thioether (sulfide) groups is 1. The first-order valence-electron chi connectivity index (χ1n) is 5.17. The van der Waals surface area contributed by atoms with E-state index >= 15 is 0 Å². The number of sulfonamides is 1. The predicted octanol–water partition coefficient (Wildman–Crippen LogP) is 1.69. The van der Waals surface area contributed by atoms with Gasteiger partial charge in [-0.3, -0.25) is 0 Å². The molecule has 0 saturated heterocycles. The van der Waals surface area contributed by atoms with Crippen LogP contribution in [0.1, 0.15) is 13.8 Å². The van der Waals surface area contributed by atoms with Crippen LogP contribution in [0.2, 0.25) is 0 Å². The smallest absolute Gasteiger partial charge is 0.240 e. The molecule has 4 nitrogen and oxygen atoms in total. The summed E-state index contributed by atoms with van der Waals surface area (Å²) >= 11 is 1.61. The summed E-state index contributed by atoms with van der Waals surface area (Å²) in [5.74, 6) is 0. The molecule has 0 fully saturated rings. The predicted molar refractivity (Wildman–Crippen MR) is 73.6 cm³/mol. The summed E-state index contributed by atoms with van der Waals surface area (Å²) in [6.45, 7) is 4.35. The first kappa shape index (κ1) is 14.3. The lowest BCUT2D eigenvalue weighted by Crippen LogP contribution is -2.36. The van der Waals surface area contributed by atoms with Gasteiger partial charge in [-0.1, -0.05) is 6.07 Å². The summed E-state index contributed by atoms with van der Waals surface area (Å²) in [7, 11) is -3.47. The molecule has 0 amide bonds. The molecule has 3 N–H and O–H groups in total. The van der Waals surface area contributed by atoms with Gasteiger partial charge in [-0.25, -0.2) is 13.1 Å².